The maximum Gasteiger partial charge on any atom is 0.236 e. The van der Waals surface area contributed by atoms with Gasteiger partial charge in [-0.3, -0.25) is 4.79 Å². The zero-order valence-corrected chi connectivity index (χ0v) is 10.4. The Bertz CT molecular complexity index is 286. The highest BCUT2D eigenvalue weighted by Gasteiger charge is 2.13. The van der Waals surface area contributed by atoms with Gasteiger partial charge < -0.3 is 5.32 Å². The molecule has 0 aliphatic carbocycles. The molecule has 15 heavy (non-hydrogen) atoms. The third-order valence-corrected chi connectivity index (χ3v) is 3.18. The van der Waals surface area contributed by atoms with Gasteiger partial charge in [-0.25, -0.2) is 13.1 Å². The molecule has 0 spiro atoms. The smallest absolute Gasteiger partial charge is 0.236 e. The van der Waals surface area contributed by atoms with E-state index in [9.17, 15) is 13.2 Å². The molecule has 0 saturated carbocycles. The zero-order valence-electron chi connectivity index (χ0n) is 9.54. The fourth-order valence-electron chi connectivity index (χ4n) is 1.03. The molecule has 5 nitrogen and oxygen atoms in total. The number of hydrogen-bond acceptors (Lipinski definition) is 3. The molecule has 0 saturated heterocycles. The monoisotopic (exact) mass is 236 g/mol. The number of carbonyl (C=O) groups is 1. The Balaban J connectivity index is 3.68. The second-order valence-corrected chi connectivity index (χ2v) is 5.78. The molecule has 0 aliphatic heterocycles. The van der Waals surface area contributed by atoms with E-state index in [1.807, 2.05) is 0 Å². The molecular formula is C9H20N2O3S. The predicted octanol–water partition coefficient (Wildman–Crippen LogP) is 0.0880. The molecule has 0 aromatic carbocycles. The SMILES string of the molecule is CNS(=O)(=O)CC(=O)NCCCC(C)C. The lowest BCUT2D eigenvalue weighted by Crippen LogP contribution is -2.35. The topological polar surface area (TPSA) is 75.3 Å². The van der Waals surface area contributed by atoms with E-state index in [-0.39, 0.29) is 0 Å². The van der Waals surface area contributed by atoms with Gasteiger partial charge in [0, 0.05) is 6.54 Å². The summed E-state index contributed by atoms with van der Waals surface area (Å²) in [4.78, 5) is 11.1. The standard InChI is InChI=1S/C9H20N2O3S/c1-8(2)5-4-6-11-9(12)7-15(13,14)10-3/h8,10H,4-7H2,1-3H3,(H,11,12). The first-order valence-electron chi connectivity index (χ1n) is 5.05. The van der Waals surface area contributed by atoms with Crippen molar-refractivity contribution in [3.63, 3.8) is 0 Å². The van der Waals surface area contributed by atoms with E-state index < -0.39 is 21.7 Å². The van der Waals surface area contributed by atoms with E-state index in [1.165, 1.54) is 7.05 Å². The van der Waals surface area contributed by atoms with Crippen molar-refractivity contribution in [1.82, 2.24) is 10.0 Å². The normalized spacial score (nSPS) is 11.7. The molecule has 0 bridgehead atoms. The summed E-state index contributed by atoms with van der Waals surface area (Å²) in [5.74, 6) is -0.346. The lowest BCUT2D eigenvalue weighted by molar-refractivity contribution is -0.118. The van der Waals surface area contributed by atoms with E-state index in [4.69, 9.17) is 0 Å². The number of carbonyl (C=O) groups excluding carboxylic acids is 1. The van der Waals surface area contributed by atoms with Crippen LogP contribution in [0.2, 0.25) is 0 Å². The predicted molar refractivity (Wildman–Crippen MR) is 59.9 cm³/mol. The maximum atomic E-state index is 11.1. The molecule has 0 rings (SSSR count). The van der Waals surface area contributed by atoms with Gasteiger partial charge in [-0.2, -0.15) is 0 Å². The molecule has 1 amide bonds. The number of hydrogen-bond donors (Lipinski definition) is 2. The average Bonchev–Trinajstić information content (AvgIpc) is 2.11. The van der Waals surface area contributed by atoms with E-state index in [1.54, 1.807) is 0 Å². The minimum atomic E-state index is -3.43. The summed E-state index contributed by atoms with van der Waals surface area (Å²) in [5.41, 5.74) is 0. The van der Waals surface area contributed by atoms with Crippen LogP contribution < -0.4 is 10.0 Å². The summed E-state index contributed by atoms with van der Waals surface area (Å²) in [6.07, 6.45) is 1.90. The van der Waals surface area contributed by atoms with Crippen LogP contribution in [0.5, 0.6) is 0 Å². The van der Waals surface area contributed by atoms with Crippen LogP contribution in [0.1, 0.15) is 26.7 Å². The molecular weight excluding hydrogens is 216 g/mol. The first-order chi connectivity index (χ1) is 6.87. The van der Waals surface area contributed by atoms with Crippen LogP contribution >= 0.6 is 0 Å². The second kappa shape index (κ2) is 6.79. The van der Waals surface area contributed by atoms with Crippen molar-refractivity contribution in [2.24, 2.45) is 5.92 Å². The summed E-state index contributed by atoms with van der Waals surface area (Å²) >= 11 is 0. The first-order valence-corrected chi connectivity index (χ1v) is 6.70. The molecule has 6 heteroatoms. The quantitative estimate of drug-likeness (QED) is 0.615. The van der Waals surface area contributed by atoms with Gasteiger partial charge >= 0.3 is 0 Å². The van der Waals surface area contributed by atoms with Crippen LogP contribution in [0.3, 0.4) is 0 Å². The van der Waals surface area contributed by atoms with Crippen molar-refractivity contribution in [3.8, 4) is 0 Å². The Morgan fingerprint density at radius 3 is 2.40 bits per heavy atom. The summed E-state index contributed by atoms with van der Waals surface area (Å²) < 4.78 is 24.0. The van der Waals surface area contributed by atoms with Gasteiger partial charge in [0.1, 0.15) is 5.75 Å². The molecule has 0 aromatic rings. The maximum absolute atomic E-state index is 11.1. The Morgan fingerprint density at radius 1 is 1.33 bits per heavy atom. The van der Waals surface area contributed by atoms with Gasteiger partial charge in [-0.05, 0) is 25.8 Å². The number of amides is 1. The molecule has 0 radical (unpaired) electrons. The molecule has 0 heterocycles. The van der Waals surface area contributed by atoms with Gasteiger partial charge in [0.05, 0.1) is 0 Å². The fourth-order valence-corrected chi connectivity index (χ4v) is 1.63. The minimum Gasteiger partial charge on any atom is -0.355 e. The van der Waals surface area contributed by atoms with Crippen molar-refractivity contribution in [2.45, 2.75) is 26.7 Å². The molecule has 2 N–H and O–H groups in total. The first kappa shape index (κ1) is 14.4. The Kier molecular flexibility index (Phi) is 6.51. The summed E-state index contributed by atoms with van der Waals surface area (Å²) in [7, 11) is -2.14. The largest absolute Gasteiger partial charge is 0.355 e. The van der Waals surface area contributed by atoms with Crippen molar-refractivity contribution >= 4 is 15.9 Å². The van der Waals surface area contributed by atoms with Crippen LogP contribution in [0.15, 0.2) is 0 Å². The molecule has 90 valence electrons. The highest BCUT2D eigenvalue weighted by Crippen LogP contribution is 2.01. The Morgan fingerprint density at radius 2 is 1.93 bits per heavy atom. The highest BCUT2D eigenvalue weighted by molar-refractivity contribution is 7.90. The van der Waals surface area contributed by atoms with Crippen molar-refractivity contribution in [3.05, 3.63) is 0 Å². The van der Waals surface area contributed by atoms with E-state index >= 15 is 0 Å². The van der Waals surface area contributed by atoms with Crippen LogP contribution in [-0.2, 0) is 14.8 Å². The third-order valence-electron chi connectivity index (χ3n) is 1.91. The zero-order chi connectivity index (χ0) is 11.9. The molecule has 0 unspecified atom stereocenters. The molecule has 0 atom stereocenters. The van der Waals surface area contributed by atoms with Crippen molar-refractivity contribution < 1.29 is 13.2 Å². The summed E-state index contributed by atoms with van der Waals surface area (Å²) in [6, 6.07) is 0. The fraction of sp³-hybridized carbons (Fsp3) is 0.889. The van der Waals surface area contributed by atoms with Crippen LogP contribution in [0, 0.1) is 5.92 Å². The van der Waals surface area contributed by atoms with E-state index in [2.05, 4.69) is 23.9 Å². The van der Waals surface area contributed by atoms with Crippen molar-refractivity contribution in [2.75, 3.05) is 19.3 Å². The molecule has 0 aliphatic rings. The number of nitrogens with one attached hydrogen (secondary N) is 2. The number of sulfonamides is 1. The number of rotatable bonds is 7. The summed E-state index contributed by atoms with van der Waals surface area (Å²) in [6.45, 7) is 4.75. The summed E-state index contributed by atoms with van der Waals surface area (Å²) in [5, 5.41) is 2.57. The van der Waals surface area contributed by atoms with Gasteiger partial charge in [0.25, 0.3) is 0 Å². The molecule has 0 aromatic heterocycles. The second-order valence-electron chi connectivity index (χ2n) is 3.85. The van der Waals surface area contributed by atoms with E-state index in [0.717, 1.165) is 12.8 Å². The van der Waals surface area contributed by atoms with Crippen LogP contribution in [-0.4, -0.2) is 33.7 Å². The van der Waals surface area contributed by atoms with Gasteiger partial charge in [-0.1, -0.05) is 13.8 Å². The van der Waals surface area contributed by atoms with Gasteiger partial charge in [-0.15, -0.1) is 0 Å². The molecule has 0 fully saturated rings. The lowest BCUT2D eigenvalue weighted by Gasteiger charge is -2.06. The highest BCUT2D eigenvalue weighted by atomic mass is 32.2. The average molecular weight is 236 g/mol. The van der Waals surface area contributed by atoms with Crippen molar-refractivity contribution in [1.29, 1.82) is 0 Å². The van der Waals surface area contributed by atoms with Crippen LogP contribution in [0.4, 0.5) is 0 Å². The minimum absolute atomic E-state index is 0.451. The Labute approximate surface area is 91.7 Å². The lowest BCUT2D eigenvalue weighted by atomic mass is 10.1. The van der Waals surface area contributed by atoms with Crippen LogP contribution in [0.25, 0.3) is 0 Å². The van der Waals surface area contributed by atoms with E-state index in [0.29, 0.717) is 12.5 Å². The Hall–Kier alpha value is -0.620. The third kappa shape index (κ3) is 8.38. The van der Waals surface area contributed by atoms with Gasteiger partial charge in [0.15, 0.2) is 0 Å². The van der Waals surface area contributed by atoms with Gasteiger partial charge in [0.2, 0.25) is 15.9 Å².